The van der Waals surface area contributed by atoms with Crippen molar-refractivity contribution >= 4 is 5.78 Å². The Labute approximate surface area is 114 Å². The first-order valence-corrected chi connectivity index (χ1v) is 7.13. The second-order valence-corrected chi connectivity index (χ2v) is 4.84. The number of carbonyl (C=O) groups excluding carboxylic acids is 1. The number of rotatable bonds is 7. The number of ketones is 1. The highest BCUT2D eigenvalue weighted by atomic mass is 16.5. The summed E-state index contributed by atoms with van der Waals surface area (Å²) in [5.41, 5.74) is 1.19. The molecule has 1 aliphatic rings. The Morgan fingerprint density at radius 3 is 2.47 bits per heavy atom. The maximum atomic E-state index is 11.7. The first kappa shape index (κ1) is 13.9. The van der Waals surface area contributed by atoms with Gasteiger partial charge in [0.2, 0.25) is 0 Å². The molecular weight excluding hydrogens is 240 g/mol. The highest BCUT2D eigenvalue weighted by Gasteiger charge is 2.42. The van der Waals surface area contributed by atoms with Gasteiger partial charge in [-0.1, -0.05) is 13.0 Å². The zero-order valence-electron chi connectivity index (χ0n) is 11.9. The average molecular weight is 262 g/mol. The van der Waals surface area contributed by atoms with Gasteiger partial charge in [-0.2, -0.15) is 0 Å². The quantitative estimate of drug-likeness (QED) is 0.753. The summed E-state index contributed by atoms with van der Waals surface area (Å²) in [4.78, 5) is 11.7. The minimum atomic E-state index is 0.220. The molecule has 0 aliphatic heterocycles. The summed E-state index contributed by atoms with van der Waals surface area (Å²) in [6.45, 7) is 7.09. The van der Waals surface area contributed by atoms with E-state index in [1.807, 2.05) is 32.9 Å². The zero-order valence-corrected chi connectivity index (χ0v) is 11.9. The van der Waals surface area contributed by atoms with E-state index >= 15 is 0 Å². The molecule has 0 radical (unpaired) electrons. The van der Waals surface area contributed by atoms with Crippen LogP contribution in [0.3, 0.4) is 0 Å². The Morgan fingerprint density at radius 1 is 1.16 bits per heavy atom. The van der Waals surface area contributed by atoms with E-state index in [4.69, 9.17) is 9.47 Å². The summed E-state index contributed by atoms with van der Waals surface area (Å²) in [6.07, 6.45) is 1.61. The average Bonchev–Trinajstić information content (AvgIpc) is 3.21. The molecule has 1 aromatic rings. The molecule has 0 saturated heterocycles. The van der Waals surface area contributed by atoms with Gasteiger partial charge < -0.3 is 9.47 Å². The molecule has 2 atom stereocenters. The second kappa shape index (κ2) is 6.09. The maximum Gasteiger partial charge on any atom is 0.161 e. The van der Waals surface area contributed by atoms with Gasteiger partial charge in [0, 0.05) is 12.3 Å². The fraction of sp³-hybridized carbons (Fsp3) is 0.562. The fourth-order valence-corrected chi connectivity index (χ4v) is 2.48. The van der Waals surface area contributed by atoms with Gasteiger partial charge in [-0.15, -0.1) is 0 Å². The molecule has 3 heteroatoms. The standard InChI is InChI=1S/C16H22O3/c1-4-14(17)13-10-12(13)11-7-8-15(18-5-2)16(9-11)19-6-3/h7-9,12-13H,4-6,10H2,1-3H3. The van der Waals surface area contributed by atoms with E-state index in [1.165, 1.54) is 5.56 Å². The van der Waals surface area contributed by atoms with Gasteiger partial charge in [-0.3, -0.25) is 4.79 Å². The van der Waals surface area contributed by atoms with E-state index in [0.717, 1.165) is 17.9 Å². The number of carbonyl (C=O) groups is 1. The molecule has 0 heterocycles. The lowest BCUT2D eigenvalue weighted by atomic mass is 10.1. The van der Waals surface area contributed by atoms with E-state index in [2.05, 4.69) is 6.07 Å². The minimum Gasteiger partial charge on any atom is -0.490 e. The predicted octanol–water partition coefficient (Wildman–Crippen LogP) is 3.57. The van der Waals surface area contributed by atoms with Crippen molar-refractivity contribution in [3.8, 4) is 11.5 Å². The molecule has 0 amide bonds. The van der Waals surface area contributed by atoms with Crippen LogP contribution in [-0.4, -0.2) is 19.0 Å². The van der Waals surface area contributed by atoms with E-state index in [9.17, 15) is 4.79 Å². The van der Waals surface area contributed by atoms with Gasteiger partial charge in [-0.25, -0.2) is 0 Å². The van der Waals surface area contributed by atoms with Gasteiger partial charge >= 0.3 is 0 Å². The predicted molar refractivity (Wildman–Crippen MR) is 74.9 cm³/mol. The van der Waals surface area contributed by atoms with Gasteiger partial charge in [-0.05, 0) is 43.9 Å². The number of Topliss-reactive ketones (excluding diaryl/α,β-unsaturated/α-hetero) is 1. The molecule has 0 spiro atoms. The number of hydrogen-bond donors (Lipinski definition) is 0. The van der Waals surface area contributed by atoms with E-state index in [0.29, 0.717) is 31.3 Å². The molecular formula is C16H22O3. The first-order valence-electron chi connectivity index (χ1n) is 7.13. The molecule has 1 aliphatic carbocycles. The second-order valence-electron chi connectivity index (χ2n) is 4.84. The number of benzene rings is 1. The Hall–Kier alpha value is -1.51. The molecule has 0 N–H and O–H groups in total. The minimum absolute atomic E-state index is 0.220. The Bertz CT molecular complexity index is 453. The monoisotopic (exact) mass is 262 g/mol. The van der Waals surface area contributed by atoms with Gasteiger partial charge in [0.15, 0.2) is 11.5 Å². The summed E-state index contributed by atoms with van der Waals surface area (Å²) in [5, 5.41) is 0. The number of ether oxygens (including phenoxy) is 2. The van der Waals surface area contributed by atoms with Crippen LogP contribution < -0.4 is 9.47 Å². The van der Waals surface area contributed by atoms with Crippen molar-refractivity contribution in [3.63, 3.8) is 0 Å². The third-order valence-electron chi connectivity index (χ3n) is 3.55. The maximum absolute atomic E-state index is 11.7. The normalized spacial score (nSPS) is 21.0. The number of hydrogen-bond acceptors (Lipinski definition) is 3. The summed E-state index contributed by atoms with van der Waals surface area (Å²) in [5.74, 6) is 2.54. The van der Waals surface area contributed by atoms with Crippen LogP contribution in [0.2, 0.25) is 0 Å². The SMILES string of the molecule is CCOc1ccc(C2CC2C(=O)CC)cc1OCC. The Balaban J connectivity index is 2.15. The van der Waals surface area contributed by atoms with Crippen LogP contribution in [0.4, 0.5) is 0 Å². The van der Waals surface area contributed by atoms with Crippen LogP contribution in [0.5, 0.6) is 11.5 Å². The van der Waals surface area contributed by atoms with Crippen molar-refractivity contribution in [2.75, 3.05) is 13.2 Å². The Kier molecular flexibility index (Phi) is 4.46. The highest BCUT2D eigenvalue weighted by molar-refractivity contribution is 5.84. The van der Waals surface area contributed by atoms with Crippen molar-refractivity contribution < 1.29 is 14.3 Å². The Morgan fingerprint density at radius 2 is 1.84 bits per heavy atom. The summed E-state index contributed by atoms with van der Waals surface area (Å²) < 4.78 is 11.2. The van der Waals surface area contributed by atoms with Crippen molar-refractivity contribution in [2.24, 2.45) is 5.92 Å². The van der Waals surface area contributed by atoms with Gasteiger partial charge in [0.25, 0.3) is 0 Å². The van der Waals surface area contributed by atoms with Crippen molar-refractivity contribution in [1.29, 1.82) is 0 Å². The largest absolute Gasteiger partial charge is 0.490 e. The zero-order chi connectivity index (χ0) is 13.8. The van der Waals surface area contributed by atoms with E-state index in [-0.39, 0.29) is 5.92 Å². The van der Waals surface area contributed by atoms with Crippen LogP contribution in [0, 0.1) is 5.92 Å². The van der Waals surface area contributed by atoms with Crippen LogP contribution in [-0.2, 0) is 4.79 Å². The van der Waals surface area contributed by atoms with E-state index in [1.54, 1.807) is 0 Å². The molecule has 0 aromatic heterocycles. The fourth-order valence-electron chi connectivity index (χ4n) is 2.48. The van der Waals surface area contributed by atoms with Gasteiger partial charge in [0.1, 0.15) is 5.78 Å². The molecule has 2 unspecified atom stereocenters. The molecule has 1 saturated carbocycles. The van der Waals surface area contributed by atoms with Crippen molar-refractivity contribution in [1.82, 2.24) is 0 Å². The molecule has 1 fully saturated rings. The first-order chi connectivity index (χ1) is 9.21. The smallest absolute Gasteiger partial charge is 0.161 e. The molecule has 1 aromatic carbocycles. The lowest BCUT2D eigenvalue weighted by molar-refractivity contribution is -0.120. The van der Waals surface area contributed by atoms with Crippen LogP contribution in [0.15, 0.2) is 18.2 Å². The van der Waals surface area contributed by atoms with E-state index < -0.39 is 0 Å². The molecule has 3 nitrogen and oxygen atoms in total. The summed E-state index contributed by atoms with van der Waals surface area (Å²) in [7, 11) is 0. The summed E-state index contributed by atoms with van der Waals surface area (Å²) in [6, 6.07) is 6.04. The topological polar surface area (TPSA) is 35.5 Å². The highest BCUT2D eigenvalue weighted by Crippen LogP contribution is 2.49. The van der Waals surface area contributed by atoms with Gasteiger partial charge in [0.05, 0.1) is 13.2 Å². The molecule has 2 rings (SSSR count). The lowest BCUT2D eigenvalue weighted by Crippen LogP contribution is -2.01. The third kappa shape index (κ3) is 3.09. The molecule has 19 heavy (non-hydrogen) atoms. The summed E-state index contributed by atoms with van der Waals surface area (Å²) >= 11 is 0. The molecule has 104 valence electrons. The van der Waals surface area contributed by atoms with Crippen LogP contribution in [0.25, 0.3) is 0 Å². The third-order valence-corrected chi connectivity index (χ3v) is 3.55. The van der Waals surface area contributed by atoms with Crippen molar-refractivity contribution in [2.45, 2.75) is 39.5 Å². The molecule has 0 bridgehead atoms. The van der Waals surface area contributed by atoms with Crippen LogP contribution >= 0.6 is 0 Å². The van der Waals surface area contributed by atoms with Crippen LogP contribution in [0.1, 0.15) is 45.1 Å². The van der Waals surface area contributed by atoms with Crippen molar-refractivity contribution in [3.05, 3.63) is 23.8 Å². The lowest BCUT2D eigenvalue weighted by Gasteiger charge is -2.12.